The summed E-state index contributed by atoms with van der Waals surface area (Å²) in [6.07, 6.45) is 3.63. The van der Waals surface area contributed by atoms with E-state index in [1.807, 2.05) is 56.7 Å². The zero-order valence-corrected chi connectivity index (χ0v) is 22.0. The molecule has 1 fully saturated rings. The van der Waals surface area contributed by atoms with Crippen molar-refractivity contribution in [3.63, 3.8) is 0 Å². The lowest BCUT2D eigenvalue weighted by Gasteiger charge is -2.32. The van der Waals surface area contributed by atoms with Crippen LogP contribution in [0.1, 0.15) is 46.6 Å². The monoisotopic (exact) mass is 520 g/mol. The topological polar surface area (TPSA) is 114 Å². The van der Waals surface area contributed by atoms with Crippen LogP contribution in [-0.4, -0.2) is 66.7 Å². The standard InChI is InChI=1S/C27H32N6O5/c1-5-37-20-10-8-18(9-11-20)32(26(36)38-27(2,3)4)24-21-13-16-31(19-7-6-15-30(17-19)25(34)35)23(21)29-22-12-14-28-33(22)24/h8-14,16,19H,5-7,15,17H2,1-4H3,(H,34,35)/t19-/m0/s1. The molecule has 2 amide bonds. The molecule has 4 heterocycles. The number of benzene rings is 1. The van der Waals surface area contributed by atoms with Crippen LogP contribution in [0.3, 0.4) is 0 Å². The van der Waals surface area contributed by atoms with Crippen molar-refractivity contribution in [2.45, 2.75) is 52.2 Å². The third-order valence-corrected chi connectivity index (χ3v) is 6.43. The molecule has 1 aliphatic heterocycles. The van der Waals surface area contributed by atoms with E-state index in [4.69, 9.17) is 14.5 Å². The zero-order chi connectivity index (χ0) is 27.0. The van der Waals surface area contributed by atoms with Crippen LogP contribution < -0.4 is 9.64 Å². The van der Waals surface area contributed by atoms with Gasteiger partial charge in [-0.2, -0.15) is 9.61 Å². The molecular weight excluding hydrogens is 488 g/mol. The number of carboxylic acid groups (broad SMARTS) is 1. The molecule has 0 aliphatic carbocycles. The quantitative estimate of drug-likeness (QED) is 0.371. The SMILES string of the molecule is CCOc1ccc(N(C(=O)OC(C)(C)C)c2c3ccn([C@H]4CCCN(C(=O)O)C4)c3nc3ccnn23)cc1. The lowest BCUT2D eigenvalue weighted by atomic mass is 10.1. The molecule has 200 valence electrons. The molecule has 0 bridgehead atoms. The maximum Gasteiger partial charge on any atom is 0.420 e. The van der Waals surface area contributed by atoms with Gasteiger partial charge in [0.25, 0.3) is 0 Å². The second-order valence-electron chi connectivity index (χ2n) is 10.3. The van der Waals surface area contributed by atoms with E-state index in [9.17, 15) is 14.7 Å². The molecule has 5 rings (SSSR count). The Hall–Kier alpha value is -4.28. The number of hydrogen-bond donors (Lipinski definition) is 1. The van der Waals surface area contributed by atoms with Crippen molar-refractivity contribution in [3.05, 3.63) is 48.8 Å². The van der Waals surface area contributed by atoms with Crippen LogP contribution >= 0.6 is 0 Å². The van der Waals surface area contributed by atoms with Gasteiger partial charge in [0.1, 0.15) is 17.0 Å². The average molecular weight is 521 g/mol. The van der Waals surface area contributed by atoms with Crippen molar-refractivity contribution < 1.29 is 24.2 Å². The molecule has 38 heavy (non-hydrogen) atoms. The van der Waals surface area contributed by atoms with Crippen LogP contribution in [0.25, 0.3) is 16.7 Å². The van der Waals surface area contributed by atoms with Crippen molar-refractivity contribution in [1.29, 1.82) is 0 Å². The van der Waals surface area contributed by atoms with Gasteiger partial charge in [-0.15, -0.1) is 0 Å². The third kappa shape index (κ3) is 4.83. The maximum atomic E-state index is 13.7. The number of likely N-dealkylation sites (tertiary alicyclic amines) is 1. The van der Waals surface area contributed by atoms with Crippen molar-refractivity contribution in [2.75, 3.05) is 24.6 Å². The van der Waals surface area contributed by atoms with Gasteiger partial charge in [0, 0.05) is 25.4 Å². The summed E-state index contributed by atoms with van der Waals surface area (Å²) in [4.78, 5) is 33.2. The predicted octanol–water partition coefficient (Wildman–Crippen LogP) is 5.47. The fourth-order valence-electron chi connectivity index (χ4n) is 4.84. The smallest absolute Gasteiger partial charge is 0.420 e. The molecule has 11 heteroatoms. The number of rotatable bonds is 5. The summed E-state index contributed by atoms with van der Waals surface area (Å²) < 4.78 is 15.1. The fraction of sp³-hybridized carbons (Fsp3) is 0.407. The number of hydrogen-bond acceptors (Lipinski definition) is 6. The highest BCUT2D eigenvalue weighted by Gasteiger charge is 2.31. The second kappa shape index (κ2) is 9.88. The Labute approximate surface area is 220 Å². The molecule has 4 aromatic rings. The van der Waals surface area contributed by atoms with Gasteiger partial charge >= 0.3 is 12.2 Å². The third-order valence-electron chi connectivity index (χ3n) is 6.43. The van der Waals surface area contributed by atoms with Gasteiger partial charge in [-0.25, -0.2) is 19.5 Å². The molecule has 0 unspecified atom stereocenters. The Morgan fingerprint density at radius 3 is 2.61 bits per heavy atom. The Kier molecular flexibility index (Phi) is 6.60. The maximum absolute atomic E-state index is 13.7. The first-order chi connectivity index (χ1) is 18.2. The number of aromatic nitrogens is 4. The summed E-state index contributed by atoms with van der Waals surface area (Å²) in [5, 5.41) is 14.7. The Morgan fingerprint density at radius 1 is 1.16 bits per heavy atom. The minimum Gasteiger partial charge on any atom is -0.494 e. The Bertz CT molecular complexity index is 1470. The summed E-state index contributed by atoms with van der Waals surface area (Å²) in [6, 6.07) is 10.8. The molecule has 1 saturated heterocycles. The molecule has 0 saturated carbocycles. The molecular formula is C27H32N6O5. The Balaban J connectivity index is 1.68. The first-order valence-corrected chi connectivity index (χ1v) is 12.7. The summed E-state index contributed by atoms with van der Waals surface area (Å²) in [5.74, 6) is 1.17. The molecule has 1 N–H and O–H groups in total. The lowest BCUT2D eigenvalue weighted by Crippen LogP contribution is -2.39. The number of fused-ring (bicyclic) bond motifs is 2. The van der Waals surface area contributed by atoms with Crippen LogP contribution in [0.2, 0.25) is 0 Å². The molecule has 3 aromatic heterocycles. The number of piperidine rings is 1. The minimum absolute atomic E-state index is 0.0801. The van der Waals surface area contributed by atoms with Gasteiger partial charge < -0.3 is 24.0 Å². The zero-order valence-electron chi connectivity index (χ0n) is 22.0. The number of carbonyl (C=O) groups is 2. The molecule has 1 atom stereocenters. The van der Waals surface area contributed by atoms with E-state index in [-0.39, 0.29) is 6.04 Å². The second-order valence-corrected chi connectivity index (χ2v) is 10.3. The molecule has 0 radical (unpaired) electrons. The van der Waals surface area contributed by atoms with Crippen LogP contribution in [0.5, 0.6) is 5.75 Å². The number of nitrogens with zero attached hydrogens (tertiary/aromatic N) is 6. The van der Waals surface area contributed by atoms with Gasteiger partial charge in [0.15, 0.2) is 11.5 Å². The van der Waals surface area contributed by atoms with E-state index in [1.165, 1.54) is 9.80 Å². The van der Waals surface area contributed by atoms with Crippen LogP contribution in [0.15, 0.2) is 48.8 Å². The minimum atomic E-state index is -0.926. The predicted molar refractivity (Wildman–Crippen MR) is 142 cm³/mol. The largest absolute Gasteiger partial charge is 0.494 e. The van der Waals surface area contributed by atoms with Gasteiger partial charge in [0.2, 0.25) is 0 Å². The van der Waals surface area contributed by atoms with E-state index in [0.29, 0.717) is 53.6 Å². The van der Waals surface area contributed by atoms with Gasteiger partial charge in [-0.3, -0.25) is 0 Å². The number of carbonyl (C=O) groups excluding carboxylic acids is 1. The first kappa shape index (κ1) is 25.4. The summed E-state index contributed by atoms with van der Waals surface area (Å²) in [7, 11) is 0. The van der Waals surface area contributed by atoms with Gasteiger partial charge in [-0.1, -0.05) is 0 Å². The summed E-state index contributed by atoms with van der Waals surface area (Å²) in [6.45, 7) is 8.79. The van der Waals surface area contributed by atoms with E-state index >= 15 is 0 Å². The van der Waals surface area contributed by atoms with Crippen LogP contribution in [0.4, 0.5) is 21.1 Å². The fourth-order valence-corrected chi connectivity index (χ4v) is 4.84. The van der Waals surface area contributed by atoms with Crippen molar-refractivity contribution in [3.8, 4) is 5.75 Å². The number of ether oxygens (including phenoxy) is 2. The first-order valence-electron chi connectivity index (χ1n) is 12.7. The van der Waals surface area contributed by atoms with Crippen molar-refractivity contribution >= 4 is 40.4 Å². The summed E-state index contributed by atoms with van der Waals surface area (Å²) >= 11 is 0. The highest BCUT2D eigenvalue weighted by molar-refractivity contribution is 6.04. The van der Waals surface area contributed by atoms with E-state index < -0.39 is 17.8 Å². The molecule has 0 spiro atoms. The van der Waals surface area contributed by atoms with Gasteiger partial charge in [0.05, 0.1) is 29.9 Å². The van der Waals surface area contributed by atoms with Gasteiger partial charge in [-0.05, 0) is 70.9 Å². The van der Waals surface area contributed by atoms with E-state index in [0.717, 1.165) is 12.8 Å². The van der Waals surface area contributed by atoms with E-state index in [1.54, 1.807) is 28.9 Å². The van der Waals surface area contributed by atoms with E-state index in [2.05, 4.69) is 5.10 Å². The normalized spacial score (nSPS) is 16.1. The van der Waals surface area contributed by atoms with Crippen molar-refractivity contribution in [1.82, 2.24) is 24.1 Å². The molecule has 1 aromatic carbocycles. The Morgan fingerprint density at radius 2 is 1.92 bits per heavy atom. The summed E-state index contributed by atoms with van der Waals surface area (Å²) in [5.41, 5.74) is 1.04. The van der Waals surface area contributed by atoms with Crippen molar-refractivity contribution in [2.24, 2.45) is 0 Å². The number of anilines is 2. The number of amides is 2. The van der Waals surface area contributed by atoms with Crippen LogP contribution in [0, 0.1) is 0 Å². The highest BCUT2D eigenvalue weighted by atomic mass is 16.6. The molecule has 11 nitrogen and oxygen atoms in total. The van der Waals surface area contributed by atoms with Crippen LogP contribution in [-0.2, 0) is 4.74 Å². The molecule has 1 aliphatic rings. The average Bonchev–Trinajstić information content (AvgIpc) is 3.51. The lowest BCUT2D eigenvalue weighted by molar-refractivity contribution is 0.0597. The highest BCUT2D eigenvalue weighted by Crippen LogP contribution is 2.37.